The summed E-state index contributed by atoms with van der Waals surface area (Å²) in [6, 6.07) is 3.36. The molecular weight excluding hydrogens is 266 g/mol. The molecule has 0 radical (unpaired) electrons. The standard InChI is InChI=1S/C14H14F2N2O2/c15-11-4-1-9(7-12(11)16)14(20)17-5-6-18(10-2-3-10)13(19)8-17/h1,4,7,10H,2-3,5-6,8H2. The van der Waals surface area contributed by atoms with Crippen molar-refractivity contribution in [3.8, 4) is 0 Å². The van der Waals surface area contributed by atoms with Gasteiger partial charge in [0, 0.05) is 24.7 Å². The smallest absolute Gasteiger partial charge is 0.254 e. The Hall–Kier alpha value is -1.98. The molecule has 20 heavy (non-hydrogen) atoms. The number of halogens is 2. The van der Waals surface area contributed by atoms with Gasteiger partial charge in [-0.2, -0.15) is 0 Å². The zero-order valence-electron chi connectivity index (χ0n) is 10.8. The monoisotopic (exact) mass is 280 g/mol. The Morgan fingerprint density at radius 3 is 2.50 bits per heavy atom. The Labute approximate surface area is 115 Å². The van der Waals surface area contributed by atoms with Crippen LogP contribution in [0.3, 0.4) is 0 Å². The summed E-state index contributed by atoms with van der Waals surface area (Å²) in [5.41, 5.74) is 0.0663. The topological polar surface area (TPSA) is 40.6 Å². The molecule has 1 saturated heterocycles. The second-order valence-corrected chi connectivity index (χ2v) is 5.17. The third-order valence-electron chi connectivity index (χ3n) is 3.70. The van der Waals surface area contributed by atoms with Crippen LogP contribution in [0.15, 0.2) is 18.2 Å². The van der Waals surface area contributed by atoms with E-state index >= 15 is 0 Å². The summed E-state index contributed by atoms with van der Waals surface area (Å²) in [5.74, 6) is -2.56. The molecule has 1 aliphatic carbocycles. The van der Waals surface area contributed by atoms with Crippen LogP contribution in [0.5, 0.6) is 0 Å². The first kappa shape index (κ1) is 13.0. The molecule has 0 atom stereocenters. The lowest BCUT2D eigenvalue weighted by atomic mass is 10.1. The van der Waals surface area contributed by atoms with E-state index in [0.717, 1.165) is 25.0 Å². The molecular formula is C14H14F2N2O2. The van der Waals surface area contributed by atoms with Crippen molar-refractivity contribution in [2.24, 2.45) is 0 Å². The van der Waals surface area contributed by atoms with E-state index in [1.54, 1.807) is 4.90 Å². The average Bonchev–Trinajstić information content (AvgIpc) is 3.25. The van der Waals surface area contributed by atoms with Gasteiger partial charge in [-0.25, -0.2) is 8.78 Å². The van der Waals surface area contributed by atoms with Crippen LogP contribution in [0.4, 0.5) is 8.78 Å². The fourth-order valence-electron chi connectivity index (χ4n) is 2.44. The van der Waals surface area contributed by atoms with Crippen LogP contribution >= 0.6 is 0 Å². The number of benzene rings is 1. The average molecular weight is 280 g/mol. The van der Waals surface area contributed by atoms with Crippen LogP contribution in [-0.4, -0.2) is 47.3 Å². The number of carbonyl (C=O) groups excluding carboxylic acids is 2. The summed E-state index contributed by atoms with van der Waals surface area (Å²) in [4.78, 5) is 27.3. The summed E-state index contributed by atoms with van der Waals surface area (Å²) in [6.07, 6.45) is 2.06. The van der Waals surface area contributed by atoms with Gasteiger partial charge in [0.15, 0.2) is 11.6 Å². The first-order valence-corrected chi connectivity index (χ1v) is 6.60. The number of nitrogens with zero attached hydrogens (tertiary/aromatic N) is 2. The van der Waals surface area contributed by atoms with Crippen LogP contribution < -0.4 is 0 Å². The van der Waals surface area contributed by atoms with Crippen molar-refractivity contribution in [2.45, 2.75) is 18.9 Å². The SMILES string of the molecule is O=C(c1ccc(F)c(F)c1)N1CCN(C2CC2)C(=O)C1. The quantitative estimate of drug-likeness (QED) is 0.822. The lowest BCUT2D eigenvalue weighted by molar-refractivity contribution is -0.135. The van der Waals surface area contributed by atoms with Gasteiger partial charge in [0.1, 0.15) is 6.54 Å². The largest absolute Gasteiger partial charge is 0.336 e. The molecule has 0 unspecified atom stereocenters. The molecule has 6 heteroatoms. The fourth-order valence-corrected chi connectivity index (χ4v) is 2.44. The maximum absolute atomic E-state index is 13.1. The molecule has 2 aliphatic rings. The predicted molar refractivity (Wildman–Crippen MR) is 67.0 cm³/mol. The number of carbonyl (C=O) groups is 2. The van der Waals surface area contributed by atoms with Gasteiger partial charge in [-0.1, -0.05) is 0 Å². The number of hydrogen-bond acceptors (Lipinski definition) is 2. The maximum Gasteiger partial charge on any atom is 0.254 e. The molecule has 1 saturated carbocycles. The molecule has 1 aromatic rings. The van der Waals surface area contributed by atoms with Crippen LogP contribution in [-0.2, 0) is 4.79 Å². The molecule has 3 rings (SSSR count). The highest BCUT2D eigenvalue weighted by atomic mass is 19.2. The van der Waals surface area contributed by atoms with Crippen molar-refractivity contribution < 1.29 is 18.4 Å². The molecule has 1 heterocycles. The normalized spacial score (nSPS) is 19.4. The van der Waals surface area contributed by atoms with Gasteiger partial charge in [0.05, 0.1) is 0 Å². The molecule has 0 spiro atoms. The highest BCUT2D eigenvalue weighted by Gasteiger charge is 2.36. The van der Waals surface area contributed by atoms with Gasteiger partial charge < -0.3 is 9.80 Å². The van der Waals surface area contributed by atoms with E-state index in [1.165, 1.54) is 11.0 Å². The Kier molecular flexibility index (Phi) is 3.16. The number of rotatable bonds is 2. The van der Waals surface area contributed by atoms with E-state index in [0.29, 0.717) is 19.1 Å². The zero-order chi connectivity index (χ0) is 14.3. The molecule has 1 aliphatic heterocycles. The van der Waals surface area contributed by atoms with Gasteiger partial charge in [0.2, 0.25) is 5.91 Å². The minimum atomic E-state index is -1.06. The van der Waals surface area contributed by atoms with Crippen molar-refractivity contribution in [1.82, 2.24) is 9.80 Å². The molecule has 0 aromatic heterocycles. The van der Waals surface area contributed by atoms with Gasteiger partial charge >= 0.3 is 0 Å². The Morgan fingerprint density at radius 2 is 1.90 bits per heavy atom. The van der Waals surface area contributed by atoms with Crippen molar-refractivity contribution >= 4 is 11.8 Å². The lowest BCUT2D eigenvalue weighted by Crippen LogP contribution is -2.52. The first-order chi connectivity index (χ1) is 9.56. The summed E-state index contributed by atoms with van der Waals surface area (Å²) < 4.78 is 26.0. The highest BCUT2D eigenvalue weighted by Crippen LogP contribution is 2.28. The highest BCUT2D eigenvalue weighted by molar-refractivity contribution is 5.97. The third-order valence-corrected chi connectivity index (χ3v) is 3.70. The Morgan fingerprint density at radius 1 is 1.15 bits per heavy atom. The molecule has 106 valence electrons. The Bertz CT molecular complexity index is 572. The van der Waals surface area contributed by atoms with Gasteiger partial charge in [0.25, 0.3) is 5.91 Å². The second-order valence-electron chi connectivity index (χ2n) is 5.17. The molecule has 0 bridgehead atoms. The van der Waals surface area contributed by atoms with Crippen molar-refractivity contribution in [1.29, 1.82) is 0 Å². The maximum atomic E-state index is 13.1. The molecule has 0 N–H and O–H groups in total. The van der Waals surface area contributed by atoms with E-state index in [1.807, 2.05) is 0 Å². The van der Waals surface area contributed by atoms with Crippen molar-refractivity contribution in [2.75, 3.05) is 19.6 Å². The minimum absolute atomic E-state index is 0.00826. The zero-order valence-corrected chi connectivity index (χ0v) is 10.8. The second kappa shape index (κ2) is 4.85. The van der Waals surface area contributed by atoms with Gasteiger partial charge in [-0.3, -0.25) is 9.59 Å². The molecule has 2 fully saturated rings. The van der Waals surface area contributed by atoms with Gasteiger partial charge in [-0.15, -0.1) is 0 Å². The van der Waals surface area contributed by atoms with Crippen molar-refractivity contribution in [3.63, 3.8) is 0 Å². The molecule has 1 aromatic carbocycles. The van der Waals surface area contributed by atoms with Gasteiger partial charge in [-0.05, 0) is 31.0 Å². The minimum Gasteiger partial charge on any atom is -0.336 e. The fraction of sp³-hybridized carbons (Fsp3) is 0.429. The van der Waals surface area contributed by atoms with Crippen LogP contribution in [0.1, 0.15) is 23.2 Å². The van der Waals surface area contributed by atoms with E-state index in [2.05, 4.69) is 0 Å². The summed E-state index contributed by atoms with van der Waals surface area (Å²) in [7, 11) is 0. The summed E-state index contributed by atoms with van der Waals surface area (Å²) >= 11 is 0. The summed E-state index contributed by atoms with van der Waals surface area (Å²) in [5, 5.41) is 0. The molecule has 4 nitrogen and oxygen atoms in total. The van der Waals surface area contributed by atoms with E-state index < -0.39 is 17.5 Å². The van der Waals surface area contributed by atoms with Crippen LogP contribution in [0.2, 0.25) is 0 Å². The third kappa shape index (κ3) is 2.37. The van der Waals surface area contributed by atoms with E-state index in [-0.39, 0.29) is 18.0 Å². The number of piperazine rings is 1. The number of amides is 2. The van der Waals surface area contributed by atoms with Crippen LogP contribution in [0, 0.1) is 11.6 Å². The summed E-state index contributed by atoms with van der Waals surface area (Å²) in [6.45, 7) is 0.952. The Balaban J connectivity index is 1.71. The predicted octanol–water partition coefficient (Wildman–Crippen LogP) is 1.41. The number of hydrogen-bond donors (Lipinski definition) is 0. The molecule has 2 amide bonds. The first-order valence-electron chi connectivity index (χ1n) is 6.60. The lowest BCUT2D eigenvalue weighted by Gasteiger charge is -2.34. The van der Waals surface area contributed by atoms with E-state index in [9.17, 15) is 18.4 Å². The van der Waals surface area contributed by atoms with E-state index in [4.69, 9.17) is 0 Å². The van der Waals surface area contributed by atoms with Crippen molar-refractivity contribution in [3.05, 3.63) is 35.4 Å². The van der Waals surface area contributed by atoms with Crippen LogP contribution in [0.25, 0.3) is 0 Å².